The molecule has 0 aliphatic heterocycles. The van der Waals surface area contributed by atoms with Crippen molar-refractivity contribution in [2.24, 2.45) is 0 Å². The molecule has 1 N–H and O–H groups in total. The van der Waals surface area contributed by atoms with E-state index in [1.807, 2.05) is 42.0 Å². The van der Waals surface area contributed by atoms with E-state index in [0.717, 1.165) is 33.4 Å². The number of rotatable bonds is 7. The highest BCUT2D eigenvalue weighted by atomic mass is 32.1. The van der Waals surface area contributed by atoms with Crippen molar-refractivity contribution in [3.63, 3.8) is 0 Å². The van der Waals surface area contributed by atoms with Crippen LogP contribution in [0, 0.1) is 0 Å². The van der Waals surface area contributed by atoms with Crippen molar-refractivity contribution in [3.8, 4) is 16.3 Å². The molecule has 1 aromatic carbocycles. The molecule has 0 aliphatic rings. The van der Waals surface area contributed by atoms with E-state index in [1.165, 1.54) is 0 Å². The van der Waals surface area contributed by atoms with Crippen LogP contribution in [-0.2, 0) is 24.3 Å². The number of aromatic nitrogens is 3. The maximum Gasteiger partial charge on any atom is 0.240 e. The van der Waals surface area contributed by atoms with Crippen LogP contribution < -0.4 is 10.1 Å². The predicted octanol–water partition coefficient (Wildman–Crippen LogP) is 2.89. The van der Waals surface area contributed by atoms with Crippen molar-refractivity contribution in [1.82, 2.24) is 19.9 Å². The van der Waals surface area contributed by atoms with Gasteiger partial charge in [0.25, 0.3) is 0 Å². The second-order valence-electron chi connectivity index (χ2n) is 5.47. The van der Waals surface area contributed by atoms with Gasteiger partial charge in [-0.1, -0.05) is 19.1 Å². The number of carbonyl (C=O) groups excluding carboxylic acids is 1. The molecule has 0 saturated heterocycles. The van der Waals surface area contributed by atoms with Crippen LogP contribution in [0.2, 0.25) is 0 Å². The molecule has 0 spiro atoms. The first-order chi connectivity index (χ1) is 12.2. The molecule has 3 aromatic rings. The van der Waals surface area contributed by atoms with Crippen LogP contribution in [-0.4, -0.2) is 27.6 Å². The van der Waals surface area contributed by atoms with Gasteiger partial charge in [-0.25, -0.2) is 9.97 Å². The molecule has 0 fully saturated rings. The Bertz CT molecular complexity index is 856. The van der Waals surface area contributed by atoms with Crippen molar-refractivity contribution in [1.29, 1.82) is 0 Å². The van der Waals surface area contributed by atoms with Gasteiger partial charge < -0.3 is 14.6 Å². The molecular formula is C18H20N4O2S. The number of aryl methyl sites for hydroxylation is 1. The number of carbonyl (C=O) groups is 1. The number of hydrogen-bond donors (Lipinski definition) is 1. The number of methoxy groups -OCH3 is 1. The van der Waals surface area contributed by atoms with Crippen molar-refractivity contribution in [3.05, 3.63) is 53.6 Å². The van der Waals surface area contributed by atoms with E-state index in [4.69, 9.17) is 4.74 Å². The maximum atomic E-state index is 12.1. The third kappa shape index (κ3) is 4.24. The van der Waals surface area contributed by atoms with Crippen molar-refractivity contribution >= 4 is 17.2 Å². The number of benzene rings is 1. The van der Waals surface area contributed by atoms with Crippen molar-refractivity contribution in [2.45, 2.75) is 26.4 Å². The SMILES string of the molecule is CCc1nccn1CC(=O)NCc1cnc(-c2cccc(OC)c2)s1. The Balaban J connectivity index is 1.59. The summed E-state index contributed by atoms with van der Waals surface area (Å²) in [6, 6.07) is 7.79. The summed E-state index contributed by atoms with van der Waals surface area (Å²) >= 11 is 1.56. The van der Waals surface area contributed by atoms with E-state index in [9.17, 15) is 4.79 Å². The lowest BCUT2D eigenvalue weighted by Gasteiger charge is -2.06. The fourth-order valence-electron chi connectivity index (χ4n) is 2.47. The number of amides is 1. The highest BCUT2D eigenvalue weighted by Crippen LogP contribution is 2.27. The number of hydrogen-bond acceptors (Lipinski definition) is 5. The summed E-state index contributed by atoms with van der Waals surface area (Å²) in [7, 11) is 1.64. The molecule has 0 unspecified atom stereocenters. The largest absolute Gasteiger partial charge is 0.497 e. The van der Waals surface area contributed by atoms with Gasteiger partial charge >= 0.3 is 0 Å². The van der Waals surface area contributed by atoms with Gasteiger partial charge in [-0.2, -0.15) is 0 Å². The molecule has 1 amide bonds. The Hall–Kier alpha value is -2.67. The van der Waals surface area contributed by atoms with Crippen molar-refractivity contribution in [2.75, 3.05) is 7.11 Å². The molecule has 130 valence electrons. The lowest BCUT2D eigenvalue weighted by Crippen LogP contribution is -2.27. The lowest BCUT2D eigenvalue weighted by molar-refractivity contribution is -0.121. The Morgan fingerprint density at radius 2 is 2.24 bits per heavy atom. The number of nitrogens with zero attached hydrogens (tertiary/aromatic N) is 3. The number of imidazole rings is 1. The van der Waals surface area contributed by atoms with E-state index in [0.29, 0.717) is 6.54 Å². The summed E-state index contributed by atoms with van der Waals surface area (Å²) in [6.07, 6.45) is 6.15. The lowest BCUT2D eigenvalue weighted by atomic mass is 10.2. The second-order valence-corrected chi connectivity index (χ2v) is 6.58. The van der Waals surface area contributed by atoms with Gasteiger partial charge in [0.1, 0.15) is 23.1 Å². The first-order valence-electron chi connectivity index (χ1n) is 8.05. The Kier molecular flexibility index (Phi) is 5.45. The summed E-state index contributed by atoms with van der Waals surface area (Å²) in [4.78, 5) is 21.8. The topological polar surface area (TPSA) is 69.0 Å². The molecule has 2 aromatic heterocycles. The van der Waals surface area contributed by atoms with Crippen LogP contribution in [0.5, 0.6) is 5.75 Å². The zero-order chi connectivity index (χ0) is 17.6. The first kappa shape index (κ1) is 17.2. The fourth-order valence-corrected chi connectivity index (χ4v) is 3.32. The molecule has 6 nitrogen and oxygen atoms in total. The smallest absolute Gasteiger partial charge is 0.240 e. The zero-order valence-electron chi connectivity index (χ0n) is 14.2. The third-order valence-corrected chi connectivity index (χ3v) is 4.81. The van der Waals surface area contributed by atoms with E-state index < -0.39 is 0 Å². The van der Waals surface area contributed by atoms with Gasteiger partial charge in [0.2, 0.25) is 5.91 Å². The average Bonchev–Trinajstić information content (AvgIpc) is 3.29. The Morgan fingerprint density at radius 3 is 3.04 bits per heavy atom. The molecule has 7 heteroatoms. The minimum absolute atomic E-state index is 0.0379. The standard InChI is InChI=1S/C18H20N4O2S/c1-3-16-19-7-8-22(16)12-17(23)20-10-15-11-21-18(25-15)13-5-4-6-14(9-13)24-2/h4-9,11H,3,10,12H2,1-2H3,(H,20,23). The molecule has 3 rings (SSSR count). The first-order valence-corrected chi connectivity index (χ1v) is 8.87. The third-order valence-electron chi connectivity index (χ3n) is 3.76. The minimum atomic E-state index is -0.0379. The van der Waals surface area contributed by atoms with Crippen LogP contribution in [0.25, 0.3) is 10.6 Å². The van der Waals surface area contributed by atoms with Gasteiger partial charge in [0, 0.05) is 35.5 Å². The van der Waals surface area contributed by atoms with Crippen LogP contribution in [0.1, 0.15) is 17.6 Å². The highest BCUT2D eigenvalue weighted by molar-refractivity contribution is 7.15. The molecule has 0 aliphatic carbocycles. The van der Waals surface area contributed by atoms with Crippen LogP contribution in [0.3, 0.4) is 0 Å². The summed E-state index contributed by atoms with van der Waals surface area (Å²) in [5, 5.41) is 3.84. The van der Waals surface area contributed by atoms with Gasteiger partial charge in [-0.3, -0.25) is 4.79 Å². The summed E-state index contributed by atoms with van der Waals surface area (Å²) in [6.45, 7) is 2.77. The molecule has 0 saturated carbocycles. The maximum absolute atomic E-state index is 12.1. The molecule has 25 heavy (non-hydrogen) atoms. The molecule has 0 bridgehead atoms. The predicted molar refractivity (Wildman–Crippen MR) is 97.6 cm³/mol. The van der Waals surface area contributed by atoms with Crippen LogP contribution in [0.4, 0.5) is 0 Å². The van der Waals surface area contributed by atoms with Gasteiger partial charge in [0.15, 0.2) is 0 Å². The number of nitrogens with one attached hydrogen (secondary N) is 1. The van der Waals surface area contributed by atoms with E-state index in [-0.39, 0.29) is 12.5 Å². The second kappa shape index (κ2) is 7.94. The van der Waals surface area contributed by atoms with Crippen molar-refractivity contribution < 1.29 is 9.53 Å². The van der Waals surface area contributed by atoms with Gasteiger partial charge in [-0.05, 0) is 12.1 Å². The monoisotopic (exact) mass is 356 g/mol. The summed E-state index contributed by atoms with van der Waals surface area (Å²) in [5.74, 6) is 1.67. The van der Waals surface area contributed by atoms with Crippen LogP contribution >= 0.6 is 11.3 Å². The molecule has 2 heterocycles. The van der Waals surface area contributed by atoms with Gasteiger partial charge in [-0.15, -0.1) is 11.3 Å². The Labute approximate surface area is 150 Å². The minimum Gasteiger partial charge on any atom is -0.497 e. The number of thiazole rings is 1. The van der Waals surface area contributed by atoms with Crippen LogP contribution in [0.15, 0.2) is 42.9 Å². The van der Waals surface area contributed by atoms with Gasteiger partial charge in [0.05, 0.1) is 13.7 Å². The normalized spacial score (nSPS) is 10.6. The zero-order valence-corrected chi connectivity index (χ0v) is 15.0. The number of ether oxygens (including phenoxy) is 1. The quantitative estimate of drug-likeness (QED) is 0.707. The summed E-state index contributed by atoms with van der Waals surface area (Å²) < 4.78 is 7.11. The molecule has 0 atom stereocenters. The molecular weight excluding hydrogens is 336 g/mol. The highest BCUT2D eigenvalue weighted by Gasteiger charge is 2.09. The van der Waals surface area contributed by atoms with E-state index >= 15 is 0 Å². The molecule has 0 radical (unpaired) electrons. The van der Waals surface area contributed by atoms with E-state index in [2.05, 4.69) is 15.3 Å². The Morgan fingerprint density at radius 1 is 1.36 bits per heavy atom. The van der Waals surface area contributed by atoms with E-state index in [1.54, 1.807) is 30.8 Å². The fraction of sp³-hybridized carbons (Fsp3) is 0.278. The average molecular weight is 356 g/mol. The summed E-state index contributed by atoms with van der Waals surface area (Å²) in [5.41, 5.74) is 1.01.